The van der Waals surface area contributed by atoms with Gasteiger partial charge in [0.1, 0.15) is 19.8 Å². The third-order valence-electron chi connectivity index (χ3n) is 4.98. The van der Waals surface area contributed by atoms with E-state index in [0.717, 1.165) is 10.2 Å². The number of nitrogens with zero attached hydrogens (tertiary/aromatic N) is 3. The maximum absolute atomic E-state index is 12.7. The number of carbonyl (C=O) groups is 2. The summed E-state index contributed by atoms with van der Waals surface area (Å²) in [5.74, 6) is 0.0180. The first-order chi connectivity index (χ1) is 16.0. The lowest BCUT2D eigenvalue weighted by Crippen LogP contribution is -2.32. The second-order valence-electron chi connectivity index (χ2n) is 7.17. The molecule has 3 N–H and O–H groups in total. The number of amides is 2. The number of benzene rings is 2. The molecule has 4 aromatic rings. The number of anilines is 1. The lowest BCUT2D eigenvalue weighted by Gasteiger charge is -2.18. The van der Waals surface area contributed by atoms with E-state index >= 15 is 0 Å². The van der Waals surface area contributed by atoms with Gasteiger partial charge in [0, 0.05) is 16.3 Å². The van der Waals surface area contributed by atoms with Crippen LogP contribution in [0.3, 0.4) is 0 Å². The SMILES string of the molecule is NC(=O)c1nn(CC(=O)Nc2nc(-c3ccc4c(c3)OCCO4)cs2)c(=O)c2ccccc12. The Kier molecular flexibility index (Phi) is 5.23. The number of ether oxygens (including phenoxy) is 2. The summed E-state index contributed by atoms with van der Waals surface area (Å²) in [7, 11) is 0. The van der Waals surface area contributed by atoms with Crippen molar-refractivity contribution in [3.63, 3.8) is 0 Å². The highest BCUT2D eigenvalue weighted by Crippen LogP contribution is 2.35. The molecule has 0 radical (unpaired) electrons. The van der Waals surface area contributed by atoms with Crippen molar-refractivity contribution < 1.29 is 19.1 Å². The number of rotatable bonds is 5. The molecule has 0 saturated carbocycles. The molecule has 3 heterocycles. The van der Waals surface area contributed by atoms with Crippen LogP contribution in [0.5, 0.6) is 11.5 Å². The Balaban J connectivity index is 1.36. The van der Waals surface area contributed by atoms with Gasteiger partial charge in [-0.1, -0.05) is 18.2 Å². The molecule has 166 valence electrons. The predicted octanol–water partition coefficient (Wildman–Crippen LogP) is 2.03. The molecule has 1 aliphatic heterocycles. The highest BCUT2D eigenvalue weighted by molar-refractivity contribution is 7.14. The minimum Gasteiger partial charge on any atom is -0.486 e. The largest absolute Gasteiger partial charge is 0.486 e. The van der Waals surface area contributed by atoms with Crippen LogP contribution in [0.15, 0.2) is 52.6 Å². The van der Waals surface area contributed by atoms with Crippen molar-refractivity contribution in [1.82, 2.24) is 14.8 Å². The number of hydrogen-bond donors (Lipinski definition) is 2. The quantitative estimate of drug-likeness (QED) is 0.462. The van der Waals surface area contributed by atoms with Gasteiger partial charge in [-0.3, -0.25) is 14.4 Å². The normalized spacial score (nSPS) is 12.5. The van der Waals surface area contributed by atoms with Gasteiger partial charge in [0.15, 0.2) is 22.3 Å². The monoisotopic (exact) mass is 463 g/mol. The van der Waals surface area contributed by atoms with Crippen molar-refractivity contribution in [2.45, 2.75) is 6.54 Å². The van der Waals surface area contributed by atoms with E-state index in [0.29, 0.717) is 40.9 Å². The summed E-state index contributed by atoms with van der Waals surface area (Å²) in [5, 5.41) is 9.42. The first-order valence-corrected chi connectivity index (χ1v) is 10.8. The average Bonchev–Trinajstić information content (AvgIpc) is 3.28. The van der Waals surface area contributed by atoms with Crippen molar-refractivity contribution in [1.29, 1.82) is 0 Å². The first kappa shape index (κ1) is 20.6. The highest BCUT2D eigenvalue weighted by atomic mass is 32.1. The Hall–Kier alpha value is -4.25. The van der Waals surface area contributed by atoms with Crippen LogP contribution < -0.4 is 26.1 Å². The van der Waals surface area contributed by atoms with E-state index in [2.05, 4.69) is 15.4 Å². The molecule has 5 rings (SSSR count). The van der Waals surface area contributed by atoms with E-state index in [1.807, 2.05) is 18.2 Å². The minimum absolute atomic E-state index is 0.0758. The maximum atomic E-state index is 12.7. The van der Waals surface area contributed by atoms with E-state index in [1.54, 1.807) is 29.6 Å². The molecule has 0 bridgehead atoms. The molecule has 0 aliphatic carbocycles. The molecule has 0 saturated heterocycles. The van der Waals surface area contributed by atoms with Gasteiger partial charge in [-0.05, 0) is 24.3 Å². The van der Waals surface area contributed by atoms with Gasteiger partial charge in [0.25, 0.3) is 11.5 Å². The number of fused-ring (bicyclic) bond motifs is 2. The topological polar surface area (TPSA) is 138 Å². The van der Waals surface area contributed by atoms with E-state index in [4.69, 9.17) is 15.2 Å². The Morgan fingerprint density at radius 3 is 2.64 bits per heavy atom. The molecule has 2 aromatic carbocycles. The van der Waals surface area contributed by atoms with Crippen molar-refractivity contribution in [3.8, 4) is 22.8 Å². The number of carbonyl (C=O) groups excluding carboxylic acids is 2. The molecule has 11 heteroatoms. The second kappa shape index (κ2) is 8.36. The smallest absolute Gasteiger partial charge is 0.275 e. The van der Waals surface area contributed by atoms with E-state index in [9.17, 15) is 14.4 Å². The van der Waals surface area contributed by atoms with Crippen LogP contribution in [0, 0.1) is 0 Å². The van der Waals surface area contributed by atoms with E-state index in [1.165, 1.54) is 11.3 Å². The summed E-state index contributed by atoms with van der Waals surface area (Å²) in [6.07, 6.45) is 0. The summed E-state index contributed by atoms with van der Waals surface area (Å²) in [6.45, 7) is 0.590. The standard InChI is InChI=1S/C22H17N5O5S/c23-20(29)19-13-3-1-2-4-14(13)21(30)27(26-19)10-18(28)25-22-24-15(11-33-22)12-5-6-16-17(9-12)32-8-7-31-16/h1-6,9,11H,7-8,10H2,(H2,23,29)(H,24,25,28). The molecule has 2 amide bonds. The van der Waals surface area contributed by atoms with Gasteiger partial charge in [-0.15, -0.1) is 11.3 Å². The average molecular weight is 463 g/mol. The number of nitrogens with two attached hydrogens (primary N) is 1. The van der Waals surface area contributed by atoms with Crippen LogP contribution in [0.4, 0.5) is 5.13 Å². The van der Waals surface area contributed by atoms with Gasteiger partial charge < -0.3 is 20.5 Å². The summed E-state index contributed by atoms with van der Waals surface area (Å²) in [5.41, 5.74) is 6.31. The van der Waals surface area contributed by atoms with Crippen LogP contribution in [-0.2, 0) is 11.3 Å². The number of nitrogens with one attached hydrogen (secondary N) is 1. The Morgan fingerprint density at radius 1 is 1.09 bits per heavy atom. The predicted molar refractivity (Wildman–Crippen MR) is 122 cm³/mol. The summed E-state index contributed by atoms with van der Waals surface area (Å²) >= 11 is 1.24. The molecular weight excluding hydrogens is 446 g/mol. The number of aromatic nitrogens is 3. The van der Waals surface area contributed by atoms with Gasteiger partial charge in [-0.25, -0.2) is 9.67 Å². The van der Waals surface area contributed by atoms with Crippen molar-refractivity contribution >= 4 is 39.1 Å². The van der Waals surface area contributed by atoms with Crippen LogP contribution in [0.25, 0.3) is 22.0 Å². The molecule has 10 nitrogen and oxygen atoms in total. The highest BCUT2D eigenvalue weighted by Gasteiger charge is 2.17. The molecule has 0 fully saturated rings. The maximum Gasteiger partial charge on any atom is 0.275 e. The fourth-order valence-electron chi connectivity index (χ4n) is 3.49. The van der Waals surface area contributed by atoms with Crippen molar-refractivity contribution in [3.05, 3.63) is 63.9 Å². The molecular formula is C22H17N5O5S. The van der Waals surface area contributed by atoms with Gasteiger partial charge >= 0.3 is 0 Å². The zero-order chi connectivity index (χ0) is 22.9. The van der Waals surface area contributed by atoms with Crippen LogP contribution in [-0.4, -0.2) is 39.8 Å². The molecule has 0 atom stereocenters. The zero-order valence-electron chi connectivity index (χ0n) is 17.1. The fraction of sp³-hybridized carbons (Fsp3) is 0.136. The number of hydrogen-bond acceptors (Lipinski definition) is 8. The Bertz CT molecular complexity index is 1460. The third kappa shape index (κ3) is 4.01. The van der Waals surface area contributed by atoms with Crippen LogP contribution in [0.1, 0.15) is 10.5 Å². The molecule has 0 unspecified atom stereocenters. The lowest BCUT2D eigenvalue weighted by atomic mass is 10.1. The van der Waals surface area contributed by atoms with E-state index < -0.39 is 23.9 Å². The summed E-state index contributed by atoms with van der Waals surface area (Å²) < 4.78 is 12.0. The zero-order valence-corrected chi connectivity index (χ0v) is 17.9. The molecule has 1 aliphatic rings. The van der Waals surface area contributed by atoms with Crippen molar-refractivity contribution in [2.24, 2.45) is 5.73 Å². The fourth-order valence-corrected chi connectivity index (χ4v) is 4.22. The molecule has 33 heavy (non-hydrogen) atoms. The Morgan fingerprint density at radius 2 is 1.85 bits per heavy atom. The molecule has 2 aromatic heterocycles. The molecule has 0 spiro atoms. The Labute approximate surface area is 190 Å². The van der Waals surface area contributed by atoms with E-state index in [-0.39, 0.29) is 11.1 Å². The van der Waals surface area contributed by atoms with Gasteiger partial charge in [-0.2, -0.15) is 5.10 Å². The van der Waals surface area contributed by atoms with Crippen LogP contribution in [0.2, 0.25) is 0 Å². The minimum atomic E-state index is -0.788. The first-order valence-electron chi connectivity index (χ1n) is 9.94. The van der Waals surface area contributed by atoms with Gasteiger partial charge in [0.05, 0.1) is 11.1 Å². The number of primary amides is 1. The summed E-state index contributed by atoms with van der Waals surface area (Å²) in [6, 6.07) is 12.0. The number of thiazole rings is 1. The third-order valence-corrected chi connectivity index (χ3v) is 5.74. The second-order valence-corrected chi connectivity index (χ2v) is 8.02. The van der Waals surface area contributed by atoms with Gasteiger partial charge in [0.2, 0.25) is 5.91 Å². The van der Waals surface area contributed by atoms with Crippen LogP contribution >= 0.6 is 11.3 Å². The summed E-state index contributed by atoms with van der Waals surface area (Å²) in [4.78, 5) is 41.6. The lowest BCUT2D eigenvalue weighted by molar-refractivity contribution is -0.117. The van der Waals surface area contributed by atoms with Crippen molar-refractivity contribution in [2.75, 3.05) is 18.5 Å².